The first-order valence-electron chi connectivity index (χ1n) is 7.09. The lowest BCUT2D eigenvalue weighted by atomic mass is 10.1. The molecule has 0 spiro atoms. The Bertz CT molecular complexity index is 452. The van der Waals surface area contributed by atoms with Crippen molar-refractivity contribution in [1.82, 2.24) is 20.3 Å². The first-order chi connectivity index (χ1) is 9.47. The van der Waals surface area contributed by atoms with Crippen molar-refractivity contribution >= 4 is 6.03 Å². The van der Waals surface area contributed by atoms with Crippen molar-refractivity contribution in [2.45, 2.75) is 39.3 Å². The molecule has 1 aliphatic heterocycles. The number of likely N-dealkylation sites (N-methyl/N-ethyl adjacent to an activating group) is 1. The van der Waals surface area contributed by atoms with Gasteiger partial charge < -0.3 is 19.6 Å². The highest BCUT2D eigenvalue weighted by Crippen LogP contribution is 2.14. The molecule has 0 unspecified atom stereocenters. The minimum absolute atomic E-state index is 0.0368. The smallest absolute Gasteiger partial charge is 0.317 e. The number of amides is 2. The quantitative estimate of drug-likeness (QED) is 0.912. The van der Waals surface area contributed by atoms with Gasteiger partial charge in [0.1, 0.15) is 5.76 Å². The summed E-state index contributed by atoms with van der Waals surface area (Å²) in [5.41, 5.74) is 1.84. The summed E-state index contributed by atoms with van der Waals surface area (Å²) in [4.78, 5) is 16.1. The van der Waals surface area contributed by atoms with Crippen molar-refractivity contribution in [1.29, 1.82) is 0 Å². The van der Waals surface area contributed by atoms with E-state index in [0.717, 1.165) is 42.9 Å². The van der Waals surface area contributed by atoms with Crippen molar-refractivity contribution in [3.8, 4) is 0 Å². The number of nitrogens with one attached hydrogen (secondary N) is 1. The third kappa shape index (κ3) is 3.50. The summed E-state index contributed by atoms with van der Waals surface area (Å²) in [5.74, 6) is 0.777. The third-order valence-electron chi connectivity index (χ3n) is 3.88. The van der Waals surface area contributed by atoms with E-state index in [0.29, 0.717) is 6.54 Å². The van der Waals surface area contributed by atoms with E-state index in [1.54, 1.807) is 11.9 Å². The van der Waals surface area contributed by atoms with Gasteiger partial charge in [0.05, 0.1) is 12.2 Å². The predicted molar refractivity (Wildman–Crippen MR) is 76.5 cm³/mol. The molecule has 6 nitrogen and oxygen atoms in total. The van der Waals surface area contributed by atoms with E-state index in [1.165, 1.54) is 0 Å². The van der Waals surface area contributed by atoms with Gasteiger partial charge in [0.2, 0.25) is 0 Å². The number of rotatable bonds is 3. The van der Waals surface area contributed by atoms with Gasteiger partial charge in [-0.2, -0.15) is 0 Å². The monoisotopic (exact) mass is 280 g/mol. The number of hydrogen-bond donors (Lipinski definition) is 1. The highest BCUT2D eigenvalue weighted by Gasteiger charge is 2.21. The summed E-state index contributed by atoms with van der Waals surface area (Å²) in [5, 5.41) is 7.01. The van der Waals surface area contributed by atoms with Crippen LogP contribution in [0.1, 0.15) is 29.9 Å². The molecule has 1 N–H and O–H groups in total. The van der Waals surface area contributed by atoms with Crippen LogP contribution >= 0.6 is 0 Å². The number of aromatic nitrogens is 1. The van der Waals surface area contributed by atoms with Gasteiger partial charge in [-0.15, -0.1) is 0 Å². The van der Waals surface area contributed by atoms with E-state index < -0.39 is 0 Å². The van der Waals surface area contributed by atoms with Gasteiger partial charge in [-0.05, 0) is 40.3 Å². The number of aryl methyl sites for hydroxylation is 2. The molecule has 0 radical (unpaired) electrons. The number of likely N-dealkylation sites (tertiary alicyclic amines) is 1. The molecule has 20 heavy (non-hydrogen) atoms. The molecule has 1 saturated heterocycles. The van der Waals surface area contributed by atoms with E-state index in [-0.39, 0.29) is 12.1 Å². The molecule has 6 heteroatoms. The average Bonchev–Trinajstić information content (AvgIpc) is 2.70. The summed E-state index contributed by atoms with van der Waals surface area (Å²) >= 11 is 0. The SMILES string of the molecule is Cc1noc(C)c1CN(C)C(=O)N[C@@H]1CCCN(C)C1. The van der Waals surface area contributed by atoms with Crippen molar-refractivity contribution in [3.63, 3.8) is 0 Å². The molecule has 2 amide bonds. The summed E-state index contributed by atoms with van der Waals surface area (Å²) in [6.45, 7) is 6.33. The van der Waals surface area contributed by atoms with Crippen LogP contribution in [0.2, 0.25) is 0 Å². The number of carbonyl (C=O) groups is 1. The number of hydrogen-bond acceptors (Lipinski definition) is 4. The Labute approximate surface area is 120 Å². The van der Waals surface area contributed by atoms with Crippen molar-refractivity contribution in [2.24, 2.45) is 0 Å². The maximum absolute atomic E-state index is 12.2. The third-order valence-corrected chi connectivity index (χ3v) is 3.88. The molecule has 2 rings (SSSR count). The molecule has 0 bridgehead atoms. The van der Waals surface area contributed by atoms with Crippen LogP contribution in [0.3, 0.4) is 0 Å². The van der Waals surface area contributed by atoms with Crippen molar-refractivity contribution in [2.75, 3.05) is 27.2 Å². The van der Waals surface area contributed by atoms with E-state index in [4.69, 9.17) is 4.52 Å². The standard InChI is InChI=1S/C14H24N4O2/c1-10-13(11(2)20-16-10)9-18(4)14(19)15-12-6-5-7-17(3)8-12/h12H,5-9H2,1-4H3,(H,15,19)/t12-/m1/s1. The van der Waals surface area contributed by atoms with Crippen LogP contribution in [-0.2, 0) is 6.54 Å². The summed E-state index contributed by atoms with van der Waals surface area (Å²) in [7, 11) is 3.89. The van der Waals surface area contributed by atoms with Crippen LogP contribution in [0, 0.1) is 13.8 Å². The first-order valence-corrected chi connectivity index (χ1v) is 7.09. The van der Waals surface area contributed by atoms with Gasteiger partial charge in [-0.25, -0.2) is 4.79 Å². The second-order valence-electron chi connectivity index (χ2n) is 5.71. The maximum Gasteiger partial charge on any atom is 0.317 e. The zero-order chi connectivity index (χ0) is 14.7. The normalized spacial score (nSPS) is 19.9. The number of piperidine rings is 1. The van der Waals surface area contributed by atoms with Gasteiger partial charge >= 0.3 is 6.03 Å². The van der Waals surface area contributed by atoms with Crippen molar-refractivity contribution < 1.29 is 9.32 Å². The van der Waals surface area contributed by atoms with E-state index >= 15 is 0 Å². The summed E-state index contributed by atoms with van der Waals surface area (Å²) in [6.07, 6.45) is 2.18. The fourth-order valence-electron chi connectivity index (χ4n) is 2.61. The van der Waals surface area contributed by atoms with E-state index in [2.05, 4.69) is 22.4 Å². The number of urea groups is 1. The van der Waals surface area contributed by atoms with Crippen LogP contribution in [0.4, 0.5) is 4.79 Å². The van der Waals surface area contributed by atoms with Gasteiger partial charge in [0.15, 0.2) is 0 Å². The molecule has 1 aromatic rings. The Morgan fingerprint density at radius 2 is 2.30 bits per heavy atom. The highest BCUT2D eigenvalue weighted by atomic mass is 16.5. The molecule has 0 aromatic carbocycles. The Hall–Kier alpha value is -1.56. The lowest BCUT2D eigenvalue weighted by molar-refractivity contribution is 0.184. The first kappa shape index (κ1) is 14.8. The molecule has 1 aromatic heterocycles. The number of nitrogens with zero attached hydrogens (tertiary/aromatic N) is 3. The average molecular weight is 280 g/mol. The minimum Gasteiger partial charge on any atom is -0.361 e. The van der Waals surface area contributed by atoms with Crippen LogP contribution in [0.15, 0.2) is 4.52 Å². The summed E-state index contributed by atoms with van der Waals surface area (Å²) in [6, 6.07) is 0.207. The second kappa shape index (κ2) is 6.26. The molecule has 0 aliphatic carbocycles. The van der Waals surface area contributed by atoms with Crippen LogP contribution < -0.4 is 5.32 Å². The Kier molecular flexibility index (Phi) is 4.65. The lowest BCUT2D eigenvalue weighted by Crippen LogP contribution is -2.49. The Morgan fingerprint density at radius 1 is 1.55 bits per heavy atom. The zero-order valence-corrected chi connectivity index (χ0v) is 12.8. The van der Waals surface area contributed by atoms with E-state index in [9.17, 15) is 4.79 Å². The molecular formula is C14H24N4O2. The zero-order valence-electron chi connectivity index (χ0n) is 12.8. The summed E-state index contributed by atoms with van der Waals surface area (Å²) < 4.78 is 5.12. The molecular weight excluding hydrogens is 256 g/mol. The fraction of sp³-hybridized carbons (Fsp3) is 0.714. The van der Waals surface area contributed by atoms with Gasteiger partial charge in [0.25, 0.3) is 0 Å². The predicted octanol–water partition coefficient (Wildman–Crippen LogP) is 1.53. The largest absolute Gasteiger partial charge is 0.361 e. The Balaban J connectivity index is 1.89. The van der Waals surface area contributed by atoms with Gasteiger partial charge in [-0.1, -0.05) is 5.16 Å². The molecule has 1 atom stereocenters. The molecule has 0 saturated carbocycles. The maximum atomic E-state index is 12.2. The van der Waals surface area contributed by atoms with E-state index in [1.807, 2.05) is 13.8 Å². The fourth-order valence-corrected chi connectivity index (χ4v) is 2.61. The van der Waals surface area contributed by atoms with Crippen molar-refractivity contribution in [3.05, 3.63) is 17.0 Å². The highest BCUT2D eigenvalue weighted by molar-refractivity contribution is 5.74. The minimum atomic E-state index is -0.0368. The topological polar surface area (TPSA) is 61.6 Å². The Morgan fingerprint density at radius 3 is 2.90 bits per heavy atom. The molecule has 112 valence electrons. The van der Waals surface area contributed by atoms with Gasteiger partial charge in [-0.3, -0.25) is 0 Å². The van der Waals surface area contributed by atoms with Crippen LogP contribution in [0.5, 0.6) is 0 Å². The molecule has 2 heterocycles. The van der Waals surface area contributed by atoms with Crippen LogP contribution in [-0.4, -0.2) is 54.2 Å². The second-order valence-corrected chi connectivity index (χ2v) is 5.71. The lowest BCUT2D eigenvalue weighted by Gasteiger charge is -2.31. The van der Waals surface area contributed by atoms with Gasteiger partial charge in [0, 0.05) is 25.2 Å². The molecule has 1 aliphatic rings. The number of carbonyl (C=O) groups excluding carboxylic acids is 1. The van der Waals surface area contributed by atoms with Crippen LogP contribution in [0.25, 0.3) is 0 Å². The molecule has 1 fully saturated rings.